The lowest BCUT2D eigenvalue weighted by Gasteiger charge is -2.03. The quantitative estimate of drug-likeness (QED) is 0.425. The van der Waals surface area contributed by atoms with Gasteiger partial charge in [0.05, 0.1) is 5.56 Å². The Balaban J connectivity index is 0.000000325. The summed E-state index contributed by atoms with van der Waals surface area (Å²) in [4.78, 5) is 0. The summed E-state index contributed by atoms with van der Waals surface area (Å²) in [6.07, 6.45) is -4.21. The molecule has 1 rings (SSSR count). The molecule has 0 saturated heterocycles. The molecule has 92 valence electrons. The van der Waals surface area contributed by atoms with Gasteiger partial charge in [0.25, 0.3) is 0 Å². The summed E-state index contributed by atoms with van der Waals surface area (Å²) in [5.41, 5.74) is -5.27. The summed E-state index contributed by atoms with van der Waals surface area (Å²) in [6, 6.07) is 6.36. The van der Waals surface area contributed by atoms with Gasteiger partial charge in [0, 0.05) is 0 Å². The predicted molar refractivity (Wildman–Crippen MR) is 39.6 cm³/mol. The van der Waals surface area contributed by atoms with E-state index in [2.05, 4.69) is 0 Å². The molecule has 0 saturated carbocycles. The minimum absolute atomic E-state index is 0.602. The second kappa shape index (κ2) is 6.28. The Morgan fingerprint density at radius 3 is 1.31 bits per heavy atom. The van der Waals surface area contributed by atoms with Crippen LogP contribution in [0.4, 0.5) is 31.1 Å². The molecule has 9 heteroatoms. The van der Waals surface area contributed by atoms with Crippen molar-refractivity contribution in [1.82, 2.24) is 10.9 Å². The maximum atomic E-state index is 11.8. The van der Waals surface area contributed by atoms with Gasteiger partial charge in [-0.05, 0) is 0 Å². The number of halogens is 7. The van der Waals surface area contributed by atoms with Crippen LogP contribution in [0.2, 0.25) is 0 Å². The van der Waals surface area contributed by atoms with Crippen LogP contribution < -0.4 is 0 Å². The second-order valence-corrected chi connectivity index (χ2v) is 2.29. The molecule has 0 fully saturated rings. The highest BCUT2D eigenvalue weighted by Gasteiger charge is 2.29. The number of alkyl halides is 3. The smallest absolute Gasteiger partial charge is 0.166 e. The van der Waals surface area contributed by atoms with E-state index < -0.39 is 22.6 Å². The van der Waals surface area contributed by atoms with Crippen LogP contribution in [0.1, 0.15) is 5.56 Å². The Bertz CT molecular complexity index is 279. The first-order chi connectivity index (χ1) is 7.25. The van der Waals surface area contributed by atoms with E-state index >= 15 is 0 Å². The van der Waals surface area contributed by atoms with Gasteiger partial charge in [-0.1, -0.05) is 48.3 Å². The highest BCUT2D eigenvalue weighted by atomic mass is 19.5. The molecule has 0 atom stereocenters. The molecule has 0 N–H and O–H groups in total. The number of nitrogens with zero attached hydrogens (tertiary/aromatic N) is 2. The van der Waals surface area contributed by atoms with E-state index in [1.54, 1.807) is 6.07 Å². The van der Waals surface area contributed by atoms with Crippen molar-refractivity contribution in [1.29, 1.82) is 0 Å². The molecule has 1 aromatic carbocycles. The lowest BCUT2D eigenvalue weighted by Crippen LogP contribution is -2.11. The van der Waals surface area contributed by atoms with Crippen LogP contribution >= 0.6 is 0 Å². The van der Waals surface area contributed by atoms with E-state index in [1.807, 2.05) is 0 Å². The van der Waals surface area contributed by atoms with Crippen molar-refractivity contribution in [3.8, 4) is 0 Å². The van der Waals surface area contributed by atoms with Crippen LogP contribution in [-0.4, -0.2) is 10.9 Å². The molecule has 0 unspecified atom stereocenters. The van der Waals surface area contributed by atoms with E-state index in [4.69, 9.17) is 0 Å². The third kappa shape index (κ3) is 6.19. The summed E-state index contributed by atoms with van der Waals surface area (Å²) in [5, 5.41) is 0. The zero-order chi connectivity index (χ0) is 12.8. The molecule has 0 heterocycles. The molecule has 0 aromatic heterocycles. The Kier molecular flexibility index (Phi) is 5.75. The number of rotatable bonds is 1. The van der Waals surface area contributed by atoms with Crippen molar-refractivity contribution in [3.05, 3.63) is 35.9 Å². The van der Waals surface area contributed by atoms with Crippen molar-refractivity contribution in [2.24, 2.45) is 0 Å². The molecule has 0 aliphatic heterocycles. The van der Waals surface area contributed by atoms with Gasteiger partial charge in [0.1, 0.15) is 0 Å². The van der Waals surface area contributed by atoms with Gasteiger partial charge in [-0.2, -0.15) is 13.2 Å². The number of benzene rings is 1. The van der Waals surface area contributed by atoms with Gasteiger partial charge in [-0.25, -0.2) is 0 Å². The normalized spacial score (nSPS) is 11.3. The van der Waals surface area contributed by atoms with Gasteiger partial charge in [-0.15, -0.1) is 0 Å². The fourth-order valence-electron chi connectivity index (χ4n) is 0.627. The van der Waals surface area contributed by atoms with Gasteiger partial charge in [0.2, 0.25) is 0 Å². The Labute approximate surface area is 85.2 Å². The maximum Gasteiger partial charge on any atom is 0.416 e. The maximum absolute atomic E-state index is 11.8. The van der Waals surface area contributed by atoms with Crippen molar-refractivity contribution < 1.29 is 31.1 Å². The van der Waals surface area contributed by atoms with E-state index in [-0.39, 0.29) is 0 Å². The molecule has 1 aromatic rings. The molecule has 16 heavy (non-hydrogen) atoms. The van der Waals surface area contributed by atoms with Gasteiger partial charge < -0.3 is 0 Å². The van der Waals surface area contributed by atoms with E-state index in [1.165, 1.54) is 12.1 Å². The first-order valence-electron chi connectivity index (χ1n) is 3.60. The standard InChI is InChI=1S/C7H5F3.F4N2/c8-7(9,10)6-4-2-1-3-5-6;1-5(2)6(3)4/h1-5H;. The Morgan fingerprint density at radius 2 is 1.12 bits per heavy atom. The molecule has 2 nitrogen and oxygen atoms in total. The fraction of sp³-hybridized carbons (Fsp3) is 0.143. The van der Waals surface area contributed by atoms with Gasteiger partial charge >= 0.3 is 6.18 Å². The number of hydrogen-bond donors (Lipinski definition) is 0. The third-order valence-electron chi connectivity index (χ3n) is 1.22. The summed E-state index contributed by atoms with van der Waals surface area (Å²) in [7, 11) is 0. The van der Waals surface area contributed by atoms with E-state index in [0.717, 1.165) is 12.1 Å². The molecule has 0 amide bonds. The molecular weight excluding hydrogens is 245 g/mol. The van der Waals surface area contributed by atoms with Crippen LogP contribution in [0.3, 0.4) is 0 Å². The minimum atomic E-state index is -4.21. The summed E-state index contributed by atoms with van der Waals surface area (Å²) < 4.78 is 76.0. The van der Waals surface area contributed by atoms with E-state index in [9.17, 15) is 31.1 Å². The monoisotopic (exact) mass is 250 g/mol. The average Bonchev–Trinajstić information content (AvgIpc) is 2.18. The summed E-state index contributed by atoms with van der Waals surface area (Å²) in [6.45, 7) is 0. The molecular formula is C7H5F7N2. The van der Waals surface area contributed by atoms with Gasteiger partial charge in [0.15, 0.2) is 10.9 Å². The summed E-state index contributed by atoms with van der Waals surface area (Å²) in [5.74, 6) is 0. The molecule has 0 radical (unpaired) electrons. The second-order valence-electron chi connectivity index (χ2n) is 2.29. The Morgan fingerprint density at radius 1 is 0.750 bits per heavy atom. The topological polar surface area (TPSA) is 6.48 Å². The van der Waals surface area contributed by atoms with Crippen molar-refractivity contribution in [2.75, 3.05) is 0 Å². The lowest BCUT2D eigenvalue weighted by molar-refractivity contribution is -0.446. The Hall–Kier alpha value is -1.35. The van der Waals surface area contributed by atoms with Crippen molar-refractivity contribution in [3.63, 3.8) is 0 Å². The fourth-order valence-corrected chi connectivity index (χ4v) is 0.627. The highest BCUT2D eigenvalue weighted by Crippen LogP contribution is 2.28. The predicted octanol–water partition coefficient (Wildman–Crippen LogP) is 3.75. The first-order valence-corrected chi connectivity index (χ1v) is 3.60. The SMILES string of the molecule is FC(F)(F)c1ccccc1.FN(F)N(F)F. The zero-order valence-corrected chi connectivity index (χ0v) is 7.43. The zero-order valence-electron chi connectivity index (χ0n) is 7.43. The first kappa shape index (κ1) is 14.6. The van der Waals surface area contributed by atoms with Crippen molar-refractivity contribution in [2.45, 2.75) is 6.18 Å². The average molecular weight is 250 g/mol. The molecule has 0 bridgehead atoms. The van der Waals surface area contributed by atoms with Crippen LogP contribution in [0.25, 0.3) is 0 Å². The number of hydrazine groups is 1. The van der Waals surface area contributed by atoms with Crippen LogP contribution in [0.5, 0.6) is 0 Å². The number of hydrogen-bond acceptors (Lipinski definition) is 2. The van der Waals surface area contributed by atoms with E-state index in [0.29, 0.717) is 0 Å². The largest absolute Gasteiger partial charge is 0.416 e. The highest BCUT2D eigenvalue weighted by molar-refractivity contribution is 5.17. The van der Waals surface area contributed by atoms with Crippen LogP contribution in [0, 0.1) is 0 Å². The summed E-state index contributed by atoms with van der Waals surface area (Å²) >= 11 is 0. The third-order valence-corrected chi connectivity index (χ3v) is 1.22. The van der Waals surface area contributed by atoms with Crippen molar-refractivity contribution >= 4 is 0 Å². The molecule has 0 aliphatic rings. The molecule has 0 spiro atoms. The van der Waals surface area contributed by atoms with Crippen LogP contribution in [0.15, 0.2) is 30.3 Å². The molecule has 0 aliphatic carbocycles. The van der Waals surface area contributed by atoms with Gasteiger partial charge in [-0.3, -0.25) is 0 Å². The lowest BCUT2D eigenvalue weighted by atomic mass is 10.2. The van der Waals surface area contributed by atoms with Crippen LogP contribution in [-0.2, 0) is 6.18 Å². The minimum Gasteiger partial charge on any atom is -0.166 e.